The lowest BCUT2D eigenvalue weighted by Crippen LogP contribution is -2.60. The molecule has 2 aliphatic rings. The molecule has 2 saturated heterocycles. The zero-order chi connectivity index (χ0) is 22.3. The number of hydrogen-bond acceptors (Lipinski definition) is 5. The molecule has 0 N–H and O–H groups in total. The van der Waals surface area contributed by atoms with E-state index in [9.17, 15) is 13.2 Å². The number of Topliss-reactive ketones (excluding diaryl/α,β-unsaturated/α-hetero) is 1. The second-order valence-corrected chi connectivity index (χ2v) is 17.3. The van der Waals surface area contributed by atoms with Crippen LogP contribution in [0.1, 0.15) is 54.4 Å². The smallest absolute Gasteiger partial charge is 0.200 e. The van der Waals surface area contributed by atoms with Crippen molar-refractivity contribution in [3.05, 3.63) is 30.3 Å². The van der Waals surface area contributed by atoms with Gasteiger partial charge in [-0.15, -0.1) is 0 Å². The summed E-state index contributed by atoms with van der Waals surface area (Å²) < 4.78 is 34.2. The number of benzene rings is 1. The fourth-order valence-electron chi connectivity index (χ4n) is 5.99. The van der Waals surface area contributed by atoms with Crippen LogP contribution in [0.25, 0.3) is 0 Å². The summed E-state index contributed by atoms with van der Waals surface area (Å²) in [6.07, 6.45) is 0.873. The van der Waals surface area contributed by atoms with Gasteiger partial charge in [0.05, 0.1) is 17.0 Å². The van der Waals surface area contributed by atoms with Crippen molar-refractivity contribution in [2.24, 2.45) is 0 Å². The van der Waals surface area contributed by atoms with E-state index < -0.39 is 23.4 Å². The van der Waals surface area contributed by atoms with Crippen molar-refractivity contribution >= 4 is 23.9 Å². The first-order valence-corrected chi connectivity index (χ1v) is 15.0. The van der Waals surface area contributed by atoms with Crippen LogP contribution in [-0.4, -0.2) is 57.9 Å². The monoisotopic (exact) mass is 451 g/mol. The summed E-state index contributed by atoms with van der Waals surface area (Å²) in [7, 11) is -5.96. The van der Waals surface area contributed by atoms with E-state index in [1.54, 1.807) is 30.3 Å². The van der Waals surface area contributed by atoms with Gasteiger partial charge in [-0.25, -0.2) is 8.42 Å². The predicted molar refractivity (Wildman–Crippen MR) is 123 cm³/mol. The summed E-state index contributed by atoms with van der Waals surface area (Å²) in [5.74, 6) is -0.165. The molecule has 0 bridgehead atoms. The van der Waals surface area contributed by atoms with Gasteiger partial charge < -0.3 is 4.43 Å². The second-order valence-electron chi connectivity index (χ2n) is 9.78. The summed E-state index contributed by atoms with van der Waals surface area (Å²) >= 11 is 0. The fourth-order valence-corrected chi connectivity index (χ4v) is 13.6. The molecule has 2 aliphatic heterocycles. The Kier molecular flexibility index (Phi) is 6.97. The molecule has 1 aromatic carbocycles. The zero-order valence-electron chi connectivity index (χ0n) is 19.2. The van der Waals surface area contributed by atoms with Crippen LogP contribution in [0.5, 0.6) is 0 Å². The summed E-state index contributed by atoms with van der Waals surface area (Å²) in [4.78, 5) is 15.4. The van der Waals surface area contributed by atoms with Gasteiger partial charge in [0.25, 0.3) is 0 Å². The SMILES string of the molecule is CC(C)[Si](O[C@@H]1CCN2CCC(=O)[C@@H](S(=O)(=O)c3ccccc3)[C@@H]12)(C(C)C)C(C)C. The molecule has 30 heavy (non-hydrogen) atoms. The molecule has 3 atom stereocenters. The maximum atomic E-state index is 13.6. The van der Waals surface area contributed by atoms with Crippen LogP contribution in [0.15, 0.2) is 35.2 Å². The summed E-state index contributed by atoms with van der Waals surface area (Å²) in [6.45, 7) is 14.9. The van der Waals surface area contributed by atoms with E-state index in [4.69, 9.17) is 4.43 Å². The molecule has 0 aromatic heterocycles. The number of ketones is 1. The largest absolute Gasteiger partial charge is 0.411 e. The Morgan fingerprint density at radius 3 is 2.07 bits per heavy atom. The molecular formula is C23H37NO4SSi. The minimum absolute atomic E-state index is 0.165. The standard InChI is InChI=1S/C23H37NO4SSi/c1-16(2)30(17(3)4,18(5)6)28-21-13-15-24-14-12-20(25)23(22(21)24)29(26,27)19-10-8-7-9-11-19/h7-11,16-18,21-23H,12-15H2,1-6H3/t21-,22-,23-/m1/s1. The molecule has 0 amide bonds. The third-order valence-corrected chi connectivity index (χ3v) is 15.5. The molecule has 5 nitrogen and oxygen atoms in total. The van der Waals surface area contributed by atoms with Gasteiger partial charge in [0.1, 0.15) is 5.25 Å². The van der Waals surface area contributed by atoms with E-state index in [-0.39, 0.29) is 22.8 Å². The molecule has 7 heteroatoms. The molecular weight excluding hydrogens is 414 g/mol. The Bertz CT molecular complexity index is 831. The average Bonchev–Trinajstić information content (AvgIpc) is 3.08. The van der Waals surface area contributed by atoms with Crippen molar-refractivity contribution in [2.45, 2.75) is 93.3 Å². The molecule has 0 spiro atoms. The van der Waals surface area contributed by atoms with Crippen LogP contribution >= 0.6 is 0 Å². The molecule has 0 aliphatic carbocycles. The molecule has 0 saturated carbocycles. The lowest BCUT2D eigenvalue weighted by atomic mass is 9.99. The second kappa shape index (κ2) is 8.85. The summed E-state index contributed by atoms with van der Waals surface area (Å²) in [6, 6.07) is 8.04. The van der Waals surface area contributed by atoms with Gasteiger partial charge in [-0.2, -0.15) is 0 Å². The summed E-state index contributed by atoms with van der Waals surface area (Å²) in [5, 5.41) is -1.04. The van der Waals surface area contributed by atoms with E-state index in [2.05, 4.69) is 46.4 Å². The lowest BCUT2D eigenvalue weighted by molar-refractivity contribution is -0.122. The number of hydrogen-bond donors (Lipinski definition) is 0. The van der Waals surface area contributed by atoms with Crippen LogP contribution in [0, 0.1) is 0 Å². The van der Waals surface area contributed by atoms with Gasteiger partial charge in [-0.05, 0) is 35.2 Å². The molecule has 3 rings (SSSR count). The first kappa shape index (κ1) is 23.6. The quantitative estimate of drug-likeness (QED) is 0.574. The molecule has 2 heterocycles. The third kappa shape index (κ3) is 3.94. The summed E-state index contributed by atoms with van der Waals surface area (Å²) in [5.41, 5.74) is 1.24. The maximum absolute atomic E-state index is 13.6. The molecule has 1 aromatic rings. The molecule has 0 unspecified atom stereocenters. The highest BCUT2D eigenvalue weighted by Crippen LogP contribution is 2.46. The Labute approximate surface area is 183 Å². The average molecular weight is 452 g/mol. The van der Waals surface area contributed by atoms with Crippen molar-refractivity contribution in [1.29, 1.82) is 0 Å². The molecule has 168 valence electrons. The molecule has 0 radical (unpaired) electrons. The highest BCUT2D eigenvalue weighted by atomic mass is 32.2. The Morgan fingerprint density at radius 2 is 1.53 bits per heavy atom. The normalized spacial score (nSPS) is 26.0. The van der Waals surface area contributed by atoms with Crippen LogP contribution in [0.4, 0.5) is 0 Å². The number of piperidine rings is 1. The Morgan fingerprint density at radius 1 is 0.967 bits per heavy atom. The topological polar surface area (TPSA) is 63.7 Å². The van der Waals surface area contributed by atoms with Crippen molar-refractivity contribution in [3.63, 3.8) is 0 Å². The molecule has 2 fully saturated rings. The first-order chi connectivity index (χ1) is 14.0. The number of fused-ring (bicyclic) bond motifs is 1. The van der Waals surface area contributed by atoms with Crippen LogP contribution in [0.3, 0.4) is 0 Å². The van der Waals surface area contributed by atoms with Gasteiger partial charge in [0.2, 0.25) is 8.32 Å². The van der Waals surface area contributed by atoms with Crippen molar-refractivity contribution in [1.82, 2.24) is 4.90 Å². The van der Waals surface area contributed by atoms with Crippen LogP contribution < -0.4 is 0 Å². The number of sulfone groups is 1. The van der Waals surface area contributed by atoms with Crippen molar-refractivity contribution in [3.8, 4) is 0 Å². The Balaban J connectivity index is 2.02. The van der Waals surface area contributed by atoms with Crippen LogP contribution in [0.2, 0.25) is 16.6 Å². The van der Waals surface area contributed by atoms with Crippen molar-refractivity contribution < 1.29 is 17.6 Å². The minimum atomic E-state index is -3.77. The van der Waals surface area contributed by atoms with Gasteiger partial charge >= 0.3 is 0 Å². The predicted octanol–water partition coefficient (Wildman–Crippen LogP) is 4.44. The van der Waals surface area contributed by atoms with Gasteiger partial charge in [-0.1, -0.05) is 59.7 Å². The lowest BCUT2D eigenvalue weighted by Gasteiger charge is -2.46. The van der Waals surface area contributed by atoms with Gasteiger partial charge in [0, 0.05) is 19.5 Å². The van der Waals surface area contributed by atoms with Gasteiger partial charge in [0.15, 0.2) is 15.6 Å². The third-order valence-electron chi connectivity index (χ3n) is 7.24. The Hall–Kier alpha value is -1.02. The minimum Gasteiger partial charge on any atom is -0.411 e. The number of rotatable bonds is 7. The first-order valence-electron chi connectivity index (χ1n) is 11.3. The van der Waals surface area contributed by atoms with Crippen molar-refractivity contribution in [2.75, 3.05) is 13.1 Å². The number of nitrogens with zero attached hydrogens (tertiary/aromatic N) is 1. The zero-order valence-corrected chi connectivity index (χ0v) is 21.0. The van der Waals surface area contributed by atoms with Gasteiger partial charge in [-0.3, -0.25) is 9.69 Å². The fraction of sp³-hybridized carbons (Fsp3) is 0.696. The number of carbonyl (C=O) groups is 1. The van der Waals surface area contributed by atoms with E-state index in [0.717, 1.165) is 13.0 Å². The van der Waals surface area contributed by atoms with E-state index in [1.165, 1.54) is 0 Å². The highest BCUT2D eigenvalue weighted by Gasteiger charge is 2.55. The highest BCUT2D eigenvalue weighted by molar-refractivity contribution is 7.93. The number of carbonyl (C=O) groups excluding carboxylic acids is 1. The van der Waals surface area contributed by atoms with Crippen LogP contribution in [-0.2, 0) is 19.1 Å². The van der Waals surface area contributed by atoms with E-state index in [1.807, 2.05) is 0 Å². The van der Waals surface area contributed by atoms with E-state index >= 15 is 0 Å². The van der Waals surface area contributed by atoms with E-state index in [0.29, 0.717) is 29.6 Å². The maximum Gasteiger partial charge on any atom is 0.200 e.